The summed E-state index contributed by atoms with van der Waals surface area (Å²) in [7, 11) is 2.10. The molecule has 0 aliphatic carbocycles. The number of aldehydes is 1. The van der Waals surface area contributed by atoms with Crippen LogP contribution in [0.4, 0.5) is 11.6 Å². The van der Waals surface area contributed by atoms with E-state index in [4.69, 9.17) is 10.8 Å². The summed E-state index contributed by atoms with van der Waals surface area (Å²) in [6.45, 7) is 7.49. The van der Waals surface area contributed by atoms with Crippen LogP contribution in [0, 0.1) is 6.92 Å². The number of nitrogen functional groups attached to an aromatic ring is 1. The third-order valence-electron chi connectivity index (χ3n) is 6.45. The lowest BCUT2D eigenvalue weighted by atomic mass is 10.1. The first-order valence-corrected chi connectivity index (χ1v) is 12.4. The standard InChI is InChI=1S/C23H24N8O.C5H8O/c1-14-7-9-25-18(11-14)28-23(32)16-5-3-15(4-6-16)20-19-21(24)26-13-27-22(19)31(29-20)17-8-10-30(2)12-17;1-3-5(2)4-6/h3-7,9,11,13,17H,8,10,12H2,1-2H3,(H2,24,26,27)(H,25,28,32);3-4H,1-2H3/b;5-3-. The predicted molar refractivity (Wildman–Crippen MR) is 149 cm³/mol. The van der Waals surface area contributed by atoms with Crippen molar-refractivity contribution in [3.8, 4) is 11.3 Å². The second kappa shape index (κ2) is 11.7. The molecule has 1 fully saturated rings. The van der Waals surface area contributed by atoms with Crippen LogP contribution in [-0.2, 0) is 4.79 Å². The summed E-state index contributed by atoms with van der Waals surface area (Å²) in [6.07, 6.45) is 6.75. The molecule has 0 radical (unpaired) electrons. The highest BCUT2D eigenvalue weighted by molar-refractivity contribution is 6.04. The van der Waals surface area contributed by atoms with Crippen LogP contribution < -0.4 is 11.1 Å². The minimum absolute atomic E-state index is 0.220. The van der Waals surface area contributed by atoms with E-state index in [2.05, 4.69) is 32.2 Å². The molecule has 1 unspecified atom stereocenters. The summed E-state index contributed by atoms with van der Waals surface area (Å²) in [4.78, 5) is 37.4. The third-order valence-corrected chi connectivity index (χ3v) is 6.45. The lowest BCUT2D eigenvalue weighted by Gasteiger charge is -2.11. The number of anilines is 2. The molecule has 38 heavy (non-hydrogen) atoms. The molecule has 1 aliphatic rings. The van der Waals surface area contributed by atoms with Gasteiger partial charge in [0.2, 0.25) is 0 Å². The number of hydrogen-bond acceptors (Lipinski definition) is 8. The first-order valence-electron chi connectivity index (χ1n) is 12.4. The zero-order valence-corrected chi connectivity index (χ0v) is 22.0. The van der Waals surface area contributed by atoms with Gasteiger partial charge in [-0.25, -0.2) is 19.6 Å². The zero-order valence-electron chi connectivity index (χ0n) is 22.0. The van der Waals surface area contributed by atoms with Crippen molar-refractivity contribution in [2.45, 2.75) is 33.2 Å². The van der Waals surface area contributed by atoms with Crippen molar-refractivity contribution in [2.24, 2.45) is 0 Å². The third kappa shape index (κ3) is 5.92. The van der Waals surface area contributed by atoms with Crippen LogP contribution in [0.15, 0.2) is 60.6 Å². The number of nitrogens with one attached hydrogen (secondary N) is 1. The van der Waals surface area contributed by atoms with E-state index in [1.54, 1.807) is 31.3 Å². The molecule has 1 aliphatic heterocycles. The lowest BCUT2D eigenvalue weighted by Crippen LogP contribution is -2.17. The summed E-state index contributed by atoms with van der Waals surface area (Å²) in [5.74, 6) is 0.701. The Labute approximate surface area is 221 Å². The smallest absolute Gasteiger partial charge is 0.256 e. The molecule has 1 saturated heterocycles. The number of nitrogens with two attached hydrogens (primary N) is 1. The molecule has 0 bridgehead atoms. The van der Waals surface area contributed by atoms with Crippen LogP contribution in [0.5, 0.6) is 0 Å². The van der Waals surface area contributed by atoms with E-state index in [0.29, 0.717) is 17.2 Å². The number of carbonyl (C=O) groups is 2. The number of aryl methyl sites for hydroxylation is 1. The van der Waals surface area contributed by atoms with Crippen molar-refractivity contribution in [2.75, 3.05) is 31.2 Å². The number of fused-ring (bicyclic) bond motifs is 1. The fourth-order valence-electron chi connectivity index (χ4n) is 4.20. The van der Waals surface area contributed by atoms with Crippen LogP contribution in [0.1, 0.15) is 42.2 Å². The summed E-state index contributed by atoms with van der Waals surface area (Å²) < 4.78 is 1.97. The van der Waals surface area contributed by atoms with Crippen LogP contribution in [0.2, 0.25) is 0 Å². The fraction of sp³-hybridized carbons (Fsp3) is 0.286. The molecule has 3 N–H and O–H groups in total. The molecular weight excluding hydrogens is 480 g/mol. The van der Waals surface area contributed by atoms with E-state index in [1.807, 2.05) is 42.8 Å². The summed E-state index contributed by atoms with van der Waals surface area (Å²) in [5, 5.41) is 8.45. The molecule has 10 heteroatoms. The molecule has 1 aromatic carbocycles. The van der Waals surface area contributed by atoms with Gasteiger partial charge >= 0.3 is 0 Å². The Morgan fingerprint density at radius 1 is 1.16 bits per heavy atom. The average Bonchev–Trinajstić information content (AvgIpc) is 3.53. The maximum absolute atomic E-state index is 12.6. The van der Waals surface area contributed by atoms with Gasteiger partial charge in [-0.3, -0.25) is 9.59 Å². The van der Waals surface area contributed by atoms with Crippen LogP contribution >= 0.6 is 0 Å². The topological polar surface area (TPSA) is 132 Å². The molecule has 3 aromatic heterocycles. The van der Waals surface area contributed by atoms with Gasteiger partial charge in [-0.2, -0.15) is 5.10 Å². The molecule has 0 spiro atoms. The van der Waals surface area contributed by atoms with Crippen molar-refractivity contribution >= 4 is 34.9 Å². The predicted octanol–water partition coefficient (Wildman–Crippen LogP) is 4.06. The van der Waals surface area contributed by atoms with Crippen molar-refractivity contribution < 1.29 is 9.59 Å². The summed E-state index contributed by atoms with van der Waals surface area (Å²) >= 11 is 0. The normalized spacial score (nSPS) is 15.7. The summed E-state index contributed by atoms with van der Waals surface area (Å²) in [6, 6.07) is 11.2. The Morgan fingerprint density at radius 3 is 2.53 bits per heavy atom. The largest absolute Gasteiger partial charge is 0.383 e. The Morgan fingerprint density at radius 2 is 1.92 bits per heavy atom. The number of allylic oxidation sites excluding steroid dienone is 2. The van der Waals surface area contributed by atoms with Gasteiger partial charge in [0.05, 0.1) is 11.4 Å². The van der Waals surface area contributed by atoms with Gasteiger partial charge in [0.25, 0.3) is 5.91 Å². The van der Waals surface area contributed by atoms with E-state index >= 15 is 0 Å². The number of hydrogen-bond donors (Lipinski definition) is 2. The highest BCUT2D eigenvalue weighted by Gasteiger charge is 2.26. The molecule has 0 saturated carbocycles. The van der Waals surface area contributed by atoms with Crippen molar-refractivity contribution in [3.05, 3.63) is 71.7 Å². The molecule has 4 aromatic rings. The number of carbonyl (C=O) groups excluding carboxylic acids is 2. The monoisotopic (exact) mass is 512 g/mol. The molecule has 10 nitrogen and oxygen atoms in total. The van der Waals surface area contributed by atoms with E-state index < -0.39 is 0 Å². The van der Waals surface area contributed by atoms with E-state index in [-0.39, 0.29) is 11.9 Å². The van der Waals surface area contributed by atoms with E-state index in [9.17, 15) is 9.59 Å². The summed E-state index contributed by atoms with van der Waals surface area (Å²) in [5.41, 5.74) is 10.9. The molecule has 196 valence electrons. The Balaban J connectivity index is 0.000000505. The lowest BCUT2D eigenvalue weighted by molar-refractivity contribution is -0.104. The Bertz CT molecular complexity index is 1480. The second-order valence-corrected chi connectivity index (χ2v) is 9.36. The van der Waals surface area contributed by atoms with Crippen LogP contribution in [-0.4, -0.2) is 62.0 Å². The SMILES string of the molecule is C/C=C(/C)C=O.Cc1ccnc(NC(=O)c2ccc(-c3nn(C4CCN(C)C4)c4ncnc(N)c34)cc2)c1. The quantitative estimate of drug-likeness (QED) is 0.302. The first kappa shape index (κ1) is 26.6. The maximum atomic E-state index is 12.6. The van der Waals surface area contributed by atoms with Crippen LogP contribution in [0.25, 0.3) is 22.3 Å². The fourth-order valence-corrected chi connectivity index (χ4v) is 4.20. The van der Waals surface area contributed by atoms with Gasteiger partial charge in [-0.1, -0.05) is 18.2 Å². The first-order chi connectivity index (χ1) is 18.3. The Kier molecular flexibility index (Phi) is 8.22. The minimum atomic E-state index is -0.220. The van der Waals surface area contributed by atoms with E-state index in [1.165, 1.54) is 6.33 Å². The minimum Gasteiger partial charge on any atom is -0.383 e. The maximum Gasteiger partial charge on any atom is 0.256 e. The second-order valence-electron chi connectivity index (χ2n) is 9.36. The van der Waals surface area contributed by atoms with Gasteiger partial charge < -0.3 is 16.0 Å². The number of benzene rings is 1. The van der Waals surface area contributed by atoms with Crippen molar-refractivity contribution in [1.82, 2.24) is 29.6 Å². The average molecular weight is 513 g/mol. The number of likely N-dealkylation sites (N-methyl/N-ethyl adjacent to an activating group) is 1. The van der Waals surface area contributed by atoms with E-state index in [0.717, 1.165) is 59.2 Å². The Hall–Kier alpha value is -4.44. The van der Waals surface area contributed by atoms with Gasteiger partial charge in [0.15, 0.2) is 5.65 Å². The number of nitrogens with zero attached hydrogens (tertiary/aromatic N) is 6. The number of aromatic nitrogens is 5. The molecule has 1 atom stereocenters. The van der Waals surface area contributed by atoms with Gasteiger partial charge in [0, 0.05) is 30.4 Å². The molecule has 4 heterocycles. The molecule has 5 rings (SSSR count). The van der Waals surface area contributed by atoms with Gasteiger partial charge in [-0.15, -0.1) is 0 Å². The molecule has 1 amide bonds. The number of amides is 1. The number of pyridine rings is 1. The number of rotatable bonds is 5. The zero-order chi connectivity index (χ0) is 27.2. The van der Waals surface area contributed by atoms with Gasteiger partial charge in [-0.05, 0) is 69.6 Å². The highest BCUT2D eigenvalue weighted by atomic mass is 16.1. The van der Waals surface area contributed by atoms with Crippen molar-refractivity contribution in [3.63, 3.8) is 0 Å². The van der Waals surface area contributed by atoms with Gasteiger partial charge in [0.1, 0.15) is 29.9 Å². The molecular formula is C28H32N8O2. The highest BCUT2D eigenvalue weighted by Crippen LogP contribution is 2.33. The van der Waals surface area contributed by atoms with Crippen molar-refractivity contribution in [1.29, 1.82) is 0 Å². The number of likely N-dealkylation sites (tertiary alicyclic amines) is 1. The van der Waals surface area contributed by atoms with Crippen LogP contribution in [0.3, 0.4) is 0 Å².